The maximum Gasteiger partial charge on any atom is 0.290 e. The number of anilines is 1. The van der Waals surface area contributed by atoms with Crippen LogP contribution in [0.15, 0.2) is 76.5 Å². The third-order valence-corrected chi connectivity index (χ3v) is 8.95. The van der Waals surface area contributed by atoms with Crippen molar-refractivity contribution in [3.8, 4) is 11.6 Å². The Morgan fingerprint density at radius 1 is 0.946 bits per heavy atom. The summed E-state index contributed by atoms with van der Waals surface area (Å²) in [6.45, 7) is 2.03. The molecule has 0 bridgehead atoms. The first kappa shape index (κ1) is 23.6. The van der Waals surface area contributed by atoms with E-state index in [0.29, 0.717) is 54.3 Å². The van der Waals surface area contributed by atoms with E-state index in [0.717, 1.165) is 11.8 Å². The quantitative estimate of drug-likeness (QED) is 0.475. The summed E-state index contributed by atoms with van der Waals surface area (Å²) in [5, 5.41) is 1.80. The van der Waals surface area contributed by atoms with Crippen LogP contribution in [0.25, 0.3) is 6.08 Å². The van der Waals surface area contributed by atoms with Crippen molar-refractivity contribution in [1.29, 1.82) is 0 Å². The first-order valence-electron chi connectivity index (χ1n) is 11.5. The van der Waals surface area contributed by atoms with Crippen molar-refractivity contribution in [2.24, 2.45) is 5.41 Å². The maximum absolute atomic E-state index is 12.9. The van der Waals surface area contributed by atoms with E-state index < -0.39 is 21.2 Å². The number of hydrogen-bond acceptors (Lipinski definition) is 9. The lowest BCUT2D eigenvalue weighted by molar-refractivity contribution is -0.115. The summed E-state index contributed by atoms with van der Waals surface area (Å²) in [4.78, 5) is 35.2. The van der Waals surface area contributed by atoms with Crippen LogP contribution >= 0.6 is 11.8 Å². The van der Waals surface area contributed by atoms with Gasteiger partial charge in [-0.2, -0.15) is 9.29 Å². The molecule has 2 aromatic carbocycles. The van der Waals surface area contributed by atoms with Gasteiger partial charge in [-0.3, -0.25) is 14.9 Å². The predicted molar refractivity (Wildman–Crippen MR) is 138 cm³/mol. The van der Waals surface area contributed by atoms with Gasteiger partial charge in [-0.15, -0.1) is 0 Å². The van der Waals surface area contributed by atoms with Crippen LogP contribution in [0.2, 0.25) is 0 Å². The molecule has 37 heavy (non-hydrogen) atoms. The van der Waals surface area contributed by atoms with Crippen LogP contribution in [-0.2, 0) is 14.8 Å². The van der Waals surface area contributed by atoms with Gasteiger partial charge in [0.25, 0.3) is 11.1 Å². The highest BCUT2D eigenvalue weighted by atomic mass is 32.2. The largest absolute Gasteiger partial charge is 0.439 e. The molecule has 0 saturated carbocycles. The third-order valence-electron chi connectivity index (χ3n) is 6.34. The maximum atomic E-state index is 12.9. The highest BCUT2D eigenvalue weighted by Gasteiger charge is 2.56. The standard InChI is InChI=1S/C25H21N5O5S2/c31-22-20(36-24(32)28-22)11-17-12-21(35-18-7-3-1-4-8-18)27-23(26-17)29-13-25(14-29)15-30(16-25)37(33,34)19-9-5-2-6-10-19/h1-12H,13-16H2,(H,28,31,32). The molecule has 12 heteroatoms. The Morgan fingerprint density at radius 2 is 1.62 bits per heavy atom. The Kier molecular flexibility index (Phi) is 5.74. The number of carbonyl (C=O) groups excluding carboxylic acids is 2. The van der Waals surface area contributed by atoms with Gasteiger partial charge in [0, 0.05) is 37.7 Å². The molecule has 6 rings (SSSR count). The van der Waals surface area contributed by atoms with Crippen molar-refractivity contribution in [1.82, 2.24) is 19.6 Å². The van der Waals surface area contributed by atoms with Crippen LogP contribution in [-0.4, -0.2) is 60.0 Å². The summed E-state index contributed by atoms with van der Waals surface area (Å²) in [6.07, 6.45) is 1.53. The number of nitrogens with zero attached hydrogens (tertiary/aromatic N) is 4. The van der Waals surface area contributed by atoms with E-state index in [-0.39, 0.29) is 10.3 Å². The zero-order valence-electron chi connectivity index (χ0n) is 19.4. The fraction of sp³-hybridized carbons (Fsp3) is 0.200. The first-order valence-corrected chi connectivity index (χ1v) is 13.7. The molecule has 10 nitrogen and oxygen atoms in total. The number of hydrogen-bond donors (Lipinski definition) is 1. The molecule has 3 aliphatic rings. The molecule has 188 valence electrons. The summed E-state index contributed by atoms with van der Waals surface area (Å²) in [7, 11) is -3.51. The lowest BCUT2D eigenvalue weighted by Crippen LogP contribution is -2.73. The highest BCUT2D eigenvalue weighted by Crippen LogP contribution is 2.43. The van der Waals surface area contributed by atoms with Crippen LogP contribution in [0.5, 0.6) is 11.6 Å². The number of sulfonamides is 1. The Balaban J connectivity index is 1.21. The monoisotopic (exact) mass is 535 g/mol. The van der Waals surface area contributed by atoms with Crippen LogP contribution in [0.4, 0.5) is 10.7 Å². The molecule has 3 saturated heterocycles. The molecule has 0 atom stereocenters. The second kappa shape index (κ2) is 8.98. The third kappa shape index (κ3) is 4.59. The first-order chi connectivity index (χ1) is 17.8. The van der Waals surface area contributed by atoms with Gasteiger partial charge in [-0.05, 0) is 42.1 Å². The summed E-state index contributed by atoms with van der Waals surface area (Å²) < 4.78 is 33.2. The van der Waals surface area contributed by atoms with Crippen LogP contribution in [0, 0.1) is 5.41 Å². The number of thioether (sulfide) groups is 1. The zero-order chi connectivity index (χ0) is 25.6. The number of aromatic nitrogens is 2. The van der Waals surface area contributed by atoms with Crippen molar-refractivity contribution >= 4 is 45.0 Å². The van der Waals surface area contributed by atoms with E-state index in [2.05, 4.69) is 15.3 Å². The predicted octanol–water partition coefficient (Wildman–Crippen LogP) is 3.10. The van der Waals surface area contributed by atoms with E-state index in [4.69, 9.17) is 4.74 Å². The molecule has 1 aromatic heterocycles. The topological polar surface area (TPSA) is 122 Å². The van der Waals surface area contributed by atoms with Gasteiger partial charge in [0.2, 0.25) is 21.9 Å². The number of benzene rings is 2. The Bertz CT molecular complexity index is 1520. The number of carbonyl (C=O) groups is 2. The molecular formula is C25H21N5O5S2. The Morgan fingerprint density at radius 3 is 2.27 bits per heavy atom. The molecule has 4 heterocycles. The molecule has 3 aliphatic heterocycles. The van der Waals surface area contributed by atoms with Crippen molar-refractivity contribution in [3.63, 3.8) is 0 Å². The van der Waals surface area contributed by atoms with Crippen molar-refractivity contribution in [2.45, 2.75) is 4.90 Å². The SMILES string of the molecule is O=C1NC(=O)C(=Cc2cc(Oc3ccccc3)nc(N3CC4(C3)CN(S(=O)(=O)c3ccccc3)C4)n2)S1. The average Bonchev–Trinajstić information content (AvgIpc) is 3.14. The molecule has 3 fully saturated rings. The minimum absolute atomic E-state index is 0.159. The lowest BCUT2D eigenvalue weighted by Gasteiger charge is -2.59. The summed E-state index contributed by atoms with van der Waals surface area (Å²) in [6, 6.07) is 19.2. The number of amides is 2. The summed E-state index contributed by atoms with van der Waals surface area (Å²) in [5.41, 5.74) is 0.263. The molecule has 2 amide bonds. The van der Waals surface area contributed by atoms with E-state index >= 15 is 0 Å². The van der Waals surface area contributed by atoms with Crippen molar-refractivity contribution < 1.29 is 22.7 Å². The zero-order valence-corrected chi connectivity index (χ0v) is 21.0. The fourth-order valence-corrected chi connectivity index (χ4v) is 6.93. The van der Waals surface area contributed by atoms with Gasteiger partial charge in [-0.1, -0.05) is 36.4 Å². The molecule has 1 N–H and O–H groups in total. The van der Waals surface area contributed by atoms with Crippen molar-refractivity contribution in [2.75, 3.05) is 31.1 Å². The number of rotatable bonds is 6. The smallest absolute Gasteiger partial charge is 0.290 e. The van der Waals surface area contributed by atoms with Gasteiger partial charge < -0.3 is 9.64 Å². The van der Waals surface area contributed by atoms with Gasteiger partial charge in [-0.25, -0.2) is 13.4 Å². The van der Waals surface area contributed by atoms with E-state index in [1.54, 1.807) is 48.5 Å². The van der Waals surface area contributed by atoms with E-state index in [1.165, 1.54) is 10.4 Å². The summed E-state index contributed by atoms with van der Waals surface area (Å²) >= 11 is 0.810. The van der Waals surface area contributed by atoms with Gasteiger partial charge in [0.15, 0.2) is 0 Å². The molecule has 0 radical (unpaired) electrons. The fourth-order valence-electron chi connectivity index (χ4n) is 4.58. The molecule has 1 spiro atoms. The van der Waals surface area contributed by atoms with E-state index in [9.17, 15) is 18.0 Å². The molecular weight excluding hydrogens is 514 g/mol. The number of imide groups is 1. The molecule has 0 unspecified atom stereocenters. The van der Waals surface area contributed by atoms with Gasteiger partial charge in [0.1, 0.15) is 5.75 Å². The van der Waals surface area contributed by atoms with Gasteiger partial charge in [0.05, 0.1) is 15.5 Å². The molecule has 3 aromatic rings. The highest BCUT2D eigenvalue weighted by molar-refractivity contribution is 8.18. The normalized spacial score (nSPS) is 20.0. The summed E-state index contributed by atoms with van der Waals surface area (Å²) in [5.74, 6) is 0.818. The van der Waals surface area contributed by atoms with Gasteiger partial charge >= 0.3 is 0 Å². The second-order valence-electron chi connectivity index (χ2n) is 9.14. The van der Waals surface area contributed by atoms with Crippen molar-refractivity contribution in [3.05, 3.63) is 77.3 Å². The number of para-hydroxylation sites is 1. The minimum atomic E-state index is -3.51. The van der Waals surface area contributed by atoms with Crippen LogP contribution in [0.3, 0.4) is 0 Å². The van der Waals surface area contributed by atoms with Crippen LogP contribution in [0.1, 0.15) is 5.69 Å². The Hall–Kier alpha value is -3.74. The number of ether oxygens (including phenoxy) is 1. The second-order valence-corrected chi connectivity index (χ2v) is 12.1. The number of nitrogens with one attached hydrogen (secondary N) is 1. The van der Waals surface area contributed by atoms with E-state index in [1.807, 2.05) is 23.1 Å². The average molecular weight is 536 g/mol. The molecule has 0 aliphatic carbocycles. The van der Waals surface area contributed by atoms with Crippen LogP contribution < -0.4 is 15.0 Å². The lowest BCUT2D eigenvalue weighted by atomic mass is 9.74. The minimum Gasteiger partial charge on any atom is -0.439 e. The Labute approximate surface area is 217 Å².